The number of halogens is 3. The Morgan fingerprint density at radius 2 is 1.84 bits per heavy atom. The van der Waals surface area contributed by atoms with E-state index >= 15 is 0 Å². The van der Waals surface area contributed by atoms with E-state index in [-0.39, 0.29) is 0 Å². The molecular weight excluding hydrogens is 307 g/mol. The summed E-state index contributed by atoms with van der Waals surface area (Å²) in [4.78, 5) is 4.31. The highest BCUT2D eigenvalue weighted by Gasteiger charge is 2.08. The molecule has 0 saturated heterocycles. The normalized spacial score (nSPS) is 10.5. The van der Waals surface area contributed by atoms with Gasteiger partial charge in [0.25, 0.3) is 0 Å². The topological polar surface area (TPSA) is 34.2 Å². The highest BCUT2D eigenvalue weighted by molar-refractivity contribution is 6.34. The Kier molecular flexibility index (Phi) is 4.88. The van der Waals surface area contributed by atoms with Crippen molar-refractivity contribution in [3.63, 3.8) is 0 Å². The van der Waals surface area contributed by atoms with Crippen LogP contribution in [-0.2, 0) is 6.54 Å². The van der Waals surface area contributed by atoms with Gasteiger partial charge in [0, 0.05) is 23.7 Å². The zero-order chi connectivity index (χ0) is 13.8. The van der Waals surface area contributed by atoms with E-state index in [0.717, 1.165) is 0 Å². The minimum atomic E-state index is 0.416. The molecule has 0 aliphatic heterocycles. The zero-order valence-electron chi connectivity index (χ0n) is 10.1. The Balaban J connectivity index is 2.28. The molecule has 0 atom stereocenters. The summed E-state index contributed by atoms with van der Waals surface area (Å²) in [5, 5.41) is 4.58. The summed E-state index contributed by atoms with van der Waals surface area (Å²) in [6, 6.07) is 8.41. The lowest BCUT2D eigenvalue weighted by molar-refractivity contribution is 0.460. The molecular formula is C13H11Cl3N2O. The number of hydrogen-bond acceptors (Lipinski definition) is 3. The third-order valence-electron chi connectivity index (χ3n) is 2.35. The summed E-state index contributed by atoms with van der Waals surface area (Å²) < 4.78 is 5.62. The quantitative estimate of drug-likeness (QED) is 0.898. The van der Waals surface area contributed by atoms with Gasteiger partial charge < -0.3 is 10.1 Å². The van der Waals surface area contributed by atoms with Crippen molar-refractivity contribution in [2.75, 3.05) is 7.05 Å². The van der Waals surface area contributed by atoms with Gasteiger partial charge in [-0.2, -0.15) is 0 Å². The Labute approximate surface area is 126 Å². The molecule has 0 fully saturated rings. The standard InChI is InChI=1S/C13H11Cl3N2O/c1-17-7-11-9(15)4-5-13(18-11)19-12-6-8(14)2-3-10(12)16/h2-6,17H,7H2,1H3. The van der Waals surface area contributed by atoms with Crippen molar-refractivity contribution >= 4 is 34.8 Å². The van der Waals surface area contributed by atoms with Crippen LogP contribution >= 0.6 is 34.8 Å². The molecule has 1 aromatic heterocycles. The molecule has 0 amide bonds. The highest BCUT2D eigenvalue weighted by Crippen LogP contribution is 2.31. The van der Waals surface area contributed by atoms with Gasteiger partial charge >= 0.3 is 0 Å². The Morgan fingerprint density at radius 1 is 1.11 bits per heavy atom. The van der Waals surface area contributed by atoms with Crippen LogP contribution in [0.3, 0.4) is 0 Å². The average molecular weight is 318 g/mol. The van der Waals surface area contributed by atoms with Crippen molar-refractivity contribution in [2.24, 2.45) is 0 Å². The Hall–Kier alpha value is -1.000. The smallest absolute Gasteiger partial charge is 0.219 e. The van der Waals surface area contributed by atoms with E-state index in [9.17, 15) is 0 Å². The second kappa shape index (κ2) is 6.44. The van der Waals surface area contributed by atoms with Crippen LogP contribution in [0.25, 0.3) is 0 Å². The summed E-state index contributed by atoms with van der Waals surface area (Å²) >= 11 is 18.0. The molecule has 0 aliphatic carbocycles. The van der Waals surface area contributed by atoms with Gasteiger partial charge in [0.15, 0.2) is 0 Å². The highest BCUT2D eigenvalue weighted by atomic mass is 35.5. The first-order valence-electron chi connectivity index (χ1n) is 5.53. The van der Waals surface area contributed by atoms with Gasteiger partial charge in [-0.1, -0.05) is 34.8 Å². The van der Waals surface area contributed by atoms with Crippen molar-refractivity contribution in [1.82, 2.24) is 10.3 Å². The molecule has 1 heterocycles. The average Bonchev–Trinajstić information content (AvgIpc) is 2.38. The first-order valence-corrected chi connectivity index (χ1v) is 6.66. The molecule has 1 N–H and O–H groups in total. The van der Waals surface area contributed by atoms with Crippen LogP contribution in [0.15, 0.2) is 30.3 Å². The molecule has 19 heavy (non-hydrogen) atoms. The lowest BCUT2D eigenvalue weighted by atomic mass is 10.3. The van der Waals surface area contributed by atoms with Gasteiger partial charge in [-0.25, -0.2) is 4.98 Å². The van der Waals surface area contributed by atoms with Gasteiger partial charge in [-0.3, -0.25) is 0 Å². The van der Waals surface area contributed by atoms with E-state index in [0.29, 0.717) is 38.9 Å². The SMILES string of the molecule is CNCc1nc(Oc2cc(Cl)ccc2Cl)ccc1Cl. The maximum Gasteiger partial charge on any atom is 0.219 e. The van der Waals surface area contributed by atoms with E-state index in [1.807, 2.05) is 7.05 Å². The van der Waals surface area contributed by atoms with Gasteiger partial charge in [0.05, 0.1) is 15.7 Å². The molecule has 6 heteroatoms. The number of pyridine rings is 1. The molecule has 0 bridgehead atoms. The second-order valence-corrected chi connectivity index (χ2v) is 5.04. The maximum atomic E-state index is 6.03. The maximum absolute atomic E-state index is 6.03. The van der Waals surface area contributed by atoms with Crippen molar-refractivity contribution in [2.45, 2.75) is 6.54 Å². The number of rotatable bonds is 4. The predicted molar refractivity (Wildman–Crippen MR) is 78.5 cm³/mol. The van der Waals surface area contributed by atoms with Crippen LogP contribution in [0.2, 0.25) is 15.1 Å². The lowest BCUT2D eigenvalue weighted by Gasteiger charge is -2.09. The number of nitrogens with zero attached hydrogens (tertiary/aromatic N) is 1. The molecule has 2 aromatic rings. The number of nitrogens with one attached hydrogen (secondary N) is 1. The van der Waals surface area contributed by atoms with Crippen LogP contribution in [0, 0.1) is 0 Å². The third kappa shape index (κ3) is 3.74. The summed E-state index contributed by atoms with van der Waals surface area (Å²) in [5.41, 5.74) is 0.708. The molecule has 0 unspecified atom stereocenters. The molecule has 3 nitrogen and oxygen atoms in total. The van der Waals surface area contributed by atoms with E-state index in [1.54, 1.807) is 30.3 Å². The second-order valence-electron chi connectivity index (χ2n) is 3.79. The molecule has 0 radical (unpaired) electrons. The van der Waals surface area contributed by atoms with E-state index in [2.05, 4.69) is 10.3 Å². The molecule has 2 rings (SSSR count). The Morgan fingerprint density at radius 3 is 2.58 bits per heavy atom. The number of ether oxygens (including phenoxy) is 1. The van der Waals surface area contributed by atoms with Crippen LogP contribution in [0.5, 0.6) is 11.6 Å². The molecule has 0 aliphatic rings. The first-order chi connectivity index (χ1) is 9.10. The van der Waals surface area contributed by atoms with Crippen LogP contribution in [0.4, 0.5) is 0 Å². The molecule has 100 valence electrons. The number of aromatic nitrogens is 1. The van der Waals surface area contributed by atoms with Crippen molar-refractivity contribution in [3.8, 4) is 11.6 Å². The van der Waals surface area contributed by atoms with Gasteiger partial charge in [-0.15, -0.1) is 0 Å². The summed E-state index contributed by atoms with van der Waals surface area (Å²) in [6.07, 6.45) is 0. The van der Waals surface area contributed by atoms with Crippen LogP contribution in [-0.4, -0.2) is 12.0 Å². The fourth-order valence-electron chi connectivity index (χ4n) is 1.48. The first kappa shape index (κ1) is 14.4. The minimum Gasteiger partial charge on any atom is -0.437 e. The largest absolute Gasteiger partial charge is 0.437 e. The predicted octanol–water partition coefficient (Wildman–Crippen LogP) is 4.55. The van der Waals surface area contributed by atoms with Crippen molar-refractivity contribution < 1.29 is 4.74 Å². The van der Waals surface area contributed by atoms with Crippen LogP contribution in [0.1, 0.15) is 5.69 Å². The molecule has 1 aromatic carbocycles. The van der Waals surface area contributed by atoms with E-state index in [4.69, 9.17) is 39.5 Å². The van der Waals surface area contributed by atoms with Crippen molar-refractivity contribution in [3.05, 3.63) is 51.1 Å². The van der Waals surface area contributed by atoms with Gasteiger partial charge in [0.1, 0.15) is 5.75 Å². The van der Waals surface area contributed by atoms with Crippen LogP contribution < -0.4 is 10.1 Å². The summed E-state index contributed by atoms with van der Waals surface area (Å²) in [7, 11) is 1.82. The zero-order valence-corrected chi connectivity index (χ0v) is 12.4. The third-order valence-corrected chi connectivity index (χ3v) is 3.24. The summed E-state index contributed by atoms with van der Waals surface area (Å²) in [6.45, 7) is 0.555. The van der Waals surface area contributed by atoms with Gasteiger partial charge in [-0.05, 0) is 25.2 Å². The minimum absolute atomic E-state index is 0.416. The van der Waals surface area contributed by atoms with Gasteiger partial charge in [0.2, 0.25) is 5.88 Å². The lowest BCUT2D eigenvalue weighted by Crippen LogP contribution is -2.07. The molecule has 0 spiro atoms. The monoisotopic (exact) mass is 316 g/mol. The van der Waals surface area contributed by atoms with Crippen molar-refractivity contribution in [1.29, 1.82) is 0 Å². The fourth-order valence-corrected chi connectivity index (χ4v) is 1.97. The Bertz CT molecular complexity index is 590. The number of hydrogen-bond donors (Lipinski definition) is 1. The molecule has 0 saturated carbocycles. The van der Waals surface area contributed by atoms with E-state index < -0.39 is 0 Å². The van der Waals surface area contributed by atoms with E-state index in [1.165, 1.54) is 0 Å². The number of benzene rings is 1. The fraction of sp³-hybridized carbons (Fsp3) is 0.154. The summed E-state index contributed by atoms with van der Waals surface area (Å²) in [5.74, 6) is 0.873.